The normalized spacial score (nSPS) is 20.6. The number of hydrogen-bond donors (Lipinski definition) is 0. The van der Waals surface area contributed by atoms with Crippen molar-refractivity contribution in [3.63, 3.8) is 0 Å². The lowest BCUT2D eigenvalue weighted by Crippen LogP contribution is -2.11. The van der Waals surface area contributed by atoms with E-state index in [0.717, 1.165) is 25.5 Å². The lowest BCUT2D eigenvalue weighted by atomic mass is 10.1. The molecule has 0 aromatic heterocycles. The molecular formula is C12H16O4. The van der Waals surface area contributed by atoms with Gasteiger partial charge in [0.25, 0.3) is 0 Å². The molecule has 0 aliphatic carbocycles. The summed E-state index contributed by atoms with van der Waals surface area (Å²) in [5.41, 5.74) is 0.422. The Labute approximate surface area is 94.9 Å². The van der Waals surface area contributed by atoms with Crippen LogP contribution in [0.5, 0.6) is 0 Å². The second-order valence-corrected chi connectivity index (χ2v) is 3.67. The Hall–Kier alpha value is -1.42. The number of carbonyl (C=O) groups is 2. The van der Waals surface area contributed by atoms with Gasteiger partial charge in [-0.1, -0.05) is 12.7 Å². The Morgan fingerprint density at radius 2 is 2.31 bits per heavy atom. The lowest BCUT2D eigenvalue weighted by molar-refractivity contribution is -0.153. The first-order valence-electron chi connectivity index (χ1n) is 5.30. The number of ether oxygens (including phenoxy) is 2. The van der Waals surface area contributed by atoms with Gasteiger partial charge in [0.15, 0.2) is 0 Å². The van der Waals surface area contributed by atoms with Crippen LogP contribution < -0.4 is 0 Å². The fourth-order valence-electron chi connectivity index (χ4n) is 1.44. The van der Waals surface area contributed by atoms with Crippen LogP contribution in [0.15, 0.2) is 24.3 Å². The molecule has 1 unspecified atom stereocenters. The first-order chi connectivity index (χ1) is 7.63. The lowest BCUT2D eigenvalue weighted by Gasteiger charge is -2.06. The van der Waals surface area contributed by atoms with Gasteiger partial charge in [-0.05, 0) is 26.2 Å². The van der Waals surface area contributed by atoms with Gasteiger partial charge in [-0.2, -0.15) is 0 Å². The Balaban J connectivity index is 2.39. The van der Waals surface area contributed by atoms with Crippen LogP contribution in [-0.2, 0) is 19.1 Å². The number of carbonyl (C=O) groups excluding carboxylic acids is 2. The molecule has 0 N–H and O–H groups in total. The van der Waals surface area contributed by atoms with Gasteiger partial charge in [-0.15, -0.1) is 0 Å². The summed E-state index contributed by atoms with van der Waals surface area (Å²) < 4.78 is 9.88. The molecule has 0 bridgehead atoms. The van der Waals surface area contributed by atoms with Crippen molar-refractivity contribution in [1.29, 1.82) is 0 Å². The molecule has 0 spiro atoms. The van der Waals surface area contributed by atoms with Crippen LogP contribution in [0.25, 0.3) is 0 Å². The zero-order valence-electron chi connectivity index (χ0n) is 9.40. The summed E-state index contributed by atoms with van der Waals surface area (Å²) in [6.45, 7) is 5.62. The third-order valence-electron chi connectivity index (χ3n) is 2.39. The van der Waals surface area contributed by atoms with E-state index >= 15 is 0 Å². The summed E-state index contributed by atoms with van der Waals surface area (Å²) in [6, 6.07) is 0. The number of rotatable bonds is 4. The minimum atomic E-state index is -0.727. The fraction of sp³-hybridized carbons (Fsp3) is 0.500. The van der Waals surface area contributed by atoms with Crippen LogP contribution in [0.1, 0.15) is 26.2 Å². The van der Waals surface area contributed by atoms with Gasteiger partial charge in [0.05, 0.1) is 6.10 Å². The largest absolute Gasteiger partial charge is 0.386 e. The molecule has 1 aliphatic rings. The van der Waals surface area contributed by atoms with Gasteiger partial charge in [0.2, 0.25) is 0 Å². The van der Waals surface area contributed by atoms with E-state index in [4.69, 9.17) is 4.74 Å². The van der Waals surface area contributed by atoms with E-state index in [1.807, 2.05) is 0 Å². The molecule has 1 atom stereocenters. The van der Waals surface area contributed by atoms with Gasteiger partial charge in [-0.25, -0.2) is 9.59 Å². The molecule has 0 saturated carbocycles. The molecule has 16 heavy (non-hydrogen) atoms. The van der Waals surface area contributed by atoms with Crippen LogP contribution in [0.3, 0.4) is 0 Å². The van der Waals surface area contributed by atoms with Crippen molar-refractivity contribution in [1.82, 2.24) is 0 Å². The molecule has 4 nitrogen and oxygen atoms in total. The van der Waals surface area contributed by atoms with E-state index in [9.17, 15) is 9.59 Å². The predicted octanol–water partition coefficient (Wildman–Crippen LogP) is 1.76. The standard InChI is InChI=1S/C12H16O4/c1-3-11(13)16-12(14)9(2)6-7-10-5-4-8-15-10/h3,6,10H,1,4-5,7-8H2,2H3. The average molecular weight is 224 g/mol. The molecule has 1 rings (SSSR count). The van der Waals surface area contributed by atoms with Crippen molar-refractivity contribution in [3.8, 4) is 0 Å². The summed E-state index contributed by atoms with van der Waals surface area (Å²) in [7, 11) is 0. The summed E-state index contributed by atoms with van der Waals surface area (Å²) in [5.74, 6) is -1.35. The van der Waals surface area contributed by atoms with Crippen LogP contribution in [0.2, 0.25) is 0 Å². The highest BCUT2D eigenvalue weighted by molar-refractivity contribution is 5.98. The van der Waals surface area contributed by atoms with E-state index < -0.39 is 11.9 Å². The predicted molar refractivity (Wildman–Crippen MR) is 58.6 cm³/mol. The average Bonchev–Trinajstić information content (AvgIpc) is 2.78. The molecule has 1 saturated heterocycles. The van der Waals surface area contributed by atoms with Gasteiger partial charge < -0.3 is 9.47 Å². The third-order valence-corrected chi connectivity index (χ3v) is 2.39. The van der Waals surface area contributed by atoms with Crippen LogP contribution >= 0.6 is 0 Å². The van der Waals surface area contributed by atoms with Crippen molar-refractivity contribution >= 4 is 11.9 Å². The van der Waals surface area contributed by atoms with Crippen LogP contribution in [0, 0.1) is 0 Å². The van der Waals surface area contributed by atoms with E-state index in [2.05, 4.69) is 11.3 Å². The SMILES string of the molecule is C=CC(=O)OC(=O)C(C)=CCC1CCCO1. The maximum atomic E-state index is 11.3. The van der Waals surface area contributed by atoms with Gasteiger partial charge >= 0.3 is 11.9 Å². The monoisotopic (exact) mass is 224 g/mol. The zero-order valence-corrected chi connectivity index (χ0v) is 9.40. The van der Waals surface area contributed by atoms with E-state index in [1.54, 1.807) is 13.0 Å². The van der Waals surface area contributed by atoms with Crippen molar-refractivity contribution in [2.24, 2.45) is 0 Å². The molecule has 88 valence electrons. The maximum absolute atomic E-state index is 11.3. The molecule has 0 radical (unpaired) electrons. The minimum Gasteiger partial charge on any atom is -0.386 e. The Morgan fingerprint density at radius 1 is 1.56 bits per heavy atom. The third kappa shape index (κ3) is 3.98. The molecular weight excluding hydrogens is 208 g/mol. The summed E-state index contributed by atoms with van der Waals surface area (Å²) >= 11 is 0. The van der Waals surface area contributed by atoms with Crippen molar-refractivity contribution in [2.45, 2.75) is 32.3 Å². The second-order valence-electron chi connectivity index (χ2n) is 3.67. The highest BCUT2D eigenvalue weighted by Gasteiger charge is 2.15. The second kappa shape index (κ2) is 6.23. The van der Waals surface area contributed by atoms with Crippen molar-refractivity contribution < 1.29 is 19.1 Å². The highest BCUT2D eigenvalue weighted by Crippen LogP contribution is 2.16. The van der Waals surface area contributed by atoms with E-state index in [0.29, 0.717) is 12.0 Å². The molecule has 1 aliphatic heterocycles. The Morgan fingerprint density at radius 3 is 2.88 bits per heavy atom. The molecule has 1 fully saturated rings. The van der Waals surface area contributed by atoms with Gasteiger partial charge in [0.1, 0.15) is 0 Å². The van der Waals surface area contributed by atoms with Crippen molar-refractivity contribution in [3.05, 3.63) is 24.3 Å². The molecule has 0 aromatic rings. The van der Waals surface area contributed by atoms with Gasteiger partial charge in [-0.3, -0.25) is 0 Å². The topological polar surface area (TPSA) is 52.6 Å². The summed E-state index contributed by atoms with van der Waals surface area (Å²) in [5, 5.41) is 0. The summed E-state index contributed by atoms with van der Waals surface area (Å²) in [6.07, 6.45) is 5.67. The molecule has 0 aromatic carbocycles. The van der Waals surface area contributed by atoms with Crippen molar-refractivity contribution in [2.75, 3.05) is 6.61 Å². The quantitative estimate of drug-likeness (QED) is 0.415. The zero-order chi connectivity index (χ0) is 12.0. The van der Waals surface area contributed by atoms with Crippen LogP contribution in [-0.4, -0.2) is 24.6 Å². The molecule has 0 amide bonds. The highest BCUT2D eigenvalue weighted by atomic mass is 16.6. The molecule has 1 heterocycles. The number of esters is 2. The first-order valence-corrected chi connectivity index (χ1v) is 5.30. The van der Waals surface area contributed by atoms with E-state index in [-0.39, 0.29) is 6.10 Å². The van der Waals surface area contributed by atoms with E-state index in [1.165, 1.54) is 0 Å². The Bertz CT molecular complexity index is 311. The summed E-state index contributed by atoms with van der Waals surface area (Å²) in [4.78, 5) is 22.1. The minimum absolute atomic E-state index is 0.192. The first kappa shape index (κ1) is 12.6. The fourth-order valence-corrected chi connectivity index (χ4v) is 1.44. The maximum Gasteiger partial charge on any atom is 0.341 e. The Kier molecular flexibility index (Phi) is 4.92. The number of hydrogen-bond acceptors (Lipinski definition) is 4. The smallest absolute Gasteiger partial charge is 0.341 e. The van der Waals surface area contributed by atoms with Crippen LogP contribution in [0.4, 0.5) is 0 Å². The molecule has 4 heteroatoms. The van der Waals surface area contributed by atoms with Gasteiger partial charge in [0, 0.05) is 18.3 Å².